The van der Waals surface area contributed by atoms with E-state index in [0.717, 1.165) is 12.1 Å². The number of hydrogen-bond acceptors (Lipinski definition) is 3. The smallest absolute Gasteiger partial charge is 0.335 e. The zero-order valence-electron chi connectivity index (χ0n) is 10.2. The van der Waals surface area contributed by atoms with Crippen molar-refractivity contribution in [2.24, 2.45) is 5.92 Å². The molecule has 4 nitrogen and oxygen atoms in total. The summed E-state index contributed by atoms with van der Waals surface area (Å²) in [7, 11) is 0. The highest BCUT2D eigenvalue weighted by atomic mass is 32.1. The molecule has 0 amide bonds. The standard InChI is InChI=1S/C13H15FO4S/c14-11-4-3-9(13(17)18)7-10(11)6-8(12(15)16)2-1-5-19/h3-4,7-8,19H,1-2,5-6H2,(H,15,16)(H,17,18). The Morgan fingerprint density at radius 1 is 1.32 bits per heavy atom. The lowest BCUT2D eigenvalue weighted by molar-refractivity contribution is -0.141. The van der Waals surface area contributed by atoms with Crippen molar-refractivity contribution in [2.45, 2.75) is 19.3 Å². The van der Waals surface area contributed by atoms with E-state index in [4.69, 9.17) is 10.2 Å². The topological polar surface area (TPSA) is 74.6 Å². The lowest BCUT2D eigenvalue weighted by Gasteiger charge is -2.12. The van der Waals surface area contributed by atoms with Gasteiger partial charge in [-0.2, -0.15) is 12.6 Å². The molecule has 0 aliphatic rings. The Morgan fingerprint density at radius 3 is 2.53 bits per heavy atom. The van der Waals surface area contributed by atoms with Crippen molar-refractivity contribution in [1.29, 1.82) is 0 Å². The van der Waals surface area contributed by atoms with Crippen LogP contribution in [0.5, 0.6) is 0 Å². The minimum Gasteiger partial charge on any atom is -0.481 e. The average Bonchev–Trinajstić information content (AvgIpc) is 2.35. The first-order chi connectivity index (χ1) is 8.95. The Morgan fingerprint density at radius 2 is 2.00 bits per heavy atom. The number of hydrogen-bond donors (Lipinski definition) is 3. The summed E-state index contributed by atoms with van der Waals surface area (Å²) in [5, 5.41) is 17.9. The maximum atomic E-state index is 13.6. The van der Waals surface area contributed by atoms with Crippen LogP contribution in [0, 0.1) is 11.7 Å². The molecule has 1 rings (SSSR count). The molecule has 2 N–H and O–H groups in total. The quantitative estimate of drug-likeness (QED) is 0.673. The Bertz CT molecular complexity index is 476. The van der Waals surface area contributed by atoms with Crippen LogP contribution in [0.4, 0.5) is 4.39 Å². The lowest BCUT2D eigenvalue weighted by atomic mass is 9.94. The zero-order chi connectivity index (χ0) is 14.4. The molecule has 0 fully saturated rings. The summed E-state index contributed by atoms with van der Waals surface area (Å²) < 4.78 is 13.6. The Balaban J connectivity index is 2.91. The van der Waals surface area contributed by atoms with E-state index in [-0.39, 0.29) is 17.5 Å². The van der Waals surface area contributed by atoms with Crippen LogP contribution in [-0.4, -0.2) is 27.9 Å². The van der Waals surface area contributed by atoms with Crippen LogP contribution in [0.25, 0.3) is 0 Å². The highest BCUT2D eigenvalue weighted by molar-refractivity contribution is 7.80. The third-order valence-corrected chi connectivity index (χ3v) is 3.14. The third-order valence-electron chi connectivity index (χ3n) is 2.82. The molecule has 6 heteroatoms. The second kappa shape index (κ2) is 7.13. The Hall–Kier alpha value is -1.56. The summed E-state index contributed by atoms with van der Waals surface area (Å²) in [6.45, 7) is 0. The van der Waals surface area contributed by atoms with Crippen molar-refractivity contribution >= 4 is 24.6 Å². The molecule has 0 heterocycles. The van der Waals surface area contributed by atoms with Crippen molar-refractivity contribution < 1.29 is 24.2 Å². The van der Waals surface area contributed by atoms with Crippen molar-refractivity contribution in [1.82, 2.24) is 0 Å². The monoisotopic (exact) mass is 286 g/mol. The van der Waals surface area contributed by atoms with Crippen molar-refractivity contribution in [3.05, 3.63) is 35.1 Å². The molecule has 1 atom stereocenters. The summed E-state index contributed by atoms with van der Waals surface area (Å²) in [6.07, 6.45) is 0.978. The summed E-state index contributed by atoms with van der Waals surface area (Å²) in [4.78, 5) is 21.9. The molecule has 104 valence electrons. The molecular weight excluding hydrogens is 271 g/mol. The predicted molar refractivity (Wildman–Crippen MR) is 71.3 cm³/mol. The number of carboxylic acids is 2. The highest BCUT2D eigenvalue weighted by Gasteiger charge is 2.20. The SMILES string of the molecule is O=C(O)c1ccc(F)c(CC(CCCS)C(=O)O)c1. The molecule has 0 spiro atoms. The number of thiol groups is 1. The minimum atomic E-state index is -1.16. The fourth-order valence-corrected chi connectivity index (χ4v) is 1.96. The average molecular weight is 286 g/mol. The molecule has 0 saturated carbocycles. The van der Waals surface area contributed by atoms with Crippen LogP contribution in [0.15, 0.2) is 18.2 Å². The van der Waals surface area contributed by atoms with Gasteiger partial charge in [-0.25, -0.2) is 9.18 Å². The van der Waals surface area contributed by atoms with Gasteiger partial charge in [-0.15, -0.1) is 0 Å². The van der Waals surface area contributed by atoms with Gasteiger partial charge in [-0.1, -0.05) is 0 Å². The number of benzene rings is 1. The van der Waals surface area contributed by atoms with Crippen molar-refractivity contribution in [3.63, 3.8) is 0 Å². The van der Waals surface area contributed by atoms with Gasteiger partial charge in [0.1, 0.15) is 5.82 Å². The van der Waals surface area contributed by atoms with Gasteiger partial charge in [0.2, 0.25) is 0 Å². The maximum absolute atomic E-state index is 13.6. The lowest BCUT2D eigenvalue weighted by Crippen LogP contribution is -2.17. The number of halogens is 1. The first-order valence-corrected chi connectivity index (χ1v) is 6.44. The molecule has 0 aliphatic heterocycles. The van der Waals surface area contributed by atoms with Crippen LogP contribution in [-0.2, 0) is 11.2 Å². The van der Waals surface area contributed by atoms with E-state index in [2.05, 4.69) is 12.6 Å². The van der Waals surface area contributed by atoms with Gasteiger partial charge in [0.05, 0.1) is 11.5 Å². The summed E-state index contributed by atoms with van der Waals surface area (Å²) in [5.41, 5.74) is 0.0706. The molecule has 1 aromatic carbocycles. The maximum Gasteiger partial charge on any atom is 0.335 e. The molecule has 0 saturated heterocycles. The highest BCUT2D eigenvalue weighted by Crippen LogP contribution is 2.19. The summed E-state index contributed by atoms with van der Waals surface area (Å²) in [6, 6.07) is 3.40. The second-order valence-electron chi connectivity index (χ2n) is 4.22. The van der Waals surface area contributed by atoms with Crippen LogP contribution in [0.1, 0.15) is 28.8 Å². The van der Waals surface area contributed by atoms with Gasteiger partial charge in [-0.05, 0) is 48.8 Å². The second-order valence-corrected chi connectivity index (χ2v) is 4.66. The normalized spacial score (nSPS) is 12.1. The van der Waals surface area contributed by atoms with Crippen LogP contribution < -0.4 is 0 Å². The van der Waals surface area contributed by atoms with Gasteiger partial charge in [0.25, 0.3) is 0 Å². The van der Waals surface area contributed by atoms with Gasteiger partial charge in [0.15, 0.2) is 0 Å². The minimum absolute atomic E-state index is 0.0178. The molecule has 19 heavy (non-hydrogen) atoms. The molecule has 0 aromatic heterocycles. The van der Waals surface area contributed by atoms with Crippen LogP contribution >= 0.6 is 12.6 Å². The molecule has 0 bridgehead atoms. The van der Waals surface area contributed by atoms with Crippen LogP contribution in [0.2, 0.25) is 0 Å². The number of aromatic carboxylic acids is 1. The van der Waals surface area contributed by atoms with Gasteiger partial charge in [0, 0.05) is 0 Å². The Labute approximate surface area is 115 Å². The van der Waals surface area contributed by atoms with Gasteiger partial charge < -0.3 is 10.2 Å². The molecule has 1 unspecified atom stereocenters. The molecule has 0 aliphatic carbocycles. The summed E-state index contributed by atoms with van der Waals surface area (Å²) >= 11 is 4.01. The summed E-state index contributed by atoms with van der Waals surface area (Å²) in [5.74, 6) is -2.93. The number of carboxylic acid groups (broad SMARTS) is 2. The fraction of sp³-hybridized carbons (Fsp3) is 0.385. The molecule has 0 radical (unpaired) electrons. The number of carbonyl (C=O) groups is 2. The number of rotatable bonds is 7. The largest absolute Gasteiger partial charge is 0.481 e. The van der Waals surface area contributed by atoms with Crippen molar-refractivity contribution in [2.75, 3.05) is 5.75 Å². The van der Waals surface area contributed by atoms with E-state index in [0.29, 0.717) is 18.6 Å². The van der Waals surface area contributed by atoms with E-state index >= 15 is 0 Å². The Kier molecular flexibility index (Phi) is 5.82. The first kappa shape index (κ1) is 15.5. The van der Waals surface area contributed by atoms with E-state index in [1.165, 1.54) is 6.07 Å². The van der Waals surface area contributed by atoms with E-state index in [1.54, 1.807) is 0 Å². The van der Waals surface area contributed by atoms with Gasteiger partial charge in [-0.3, -0.25) is 4.79 Å². The molecule has 1 aromatic rings. The molecular formula is C13H15FO4S. The third kappa shape index (κ3) is 4.55. The van der Waals surface area contributed by atoms with Crippen molar-refractivity contribution in [3.8, 4) is 0 Å². The predicted octanol–water partition coefficient (Wildman–Crippen LogP) is 2.48. The zero-order valence-corrected chi connectivity index (χ0v) is 11.1. The number of aliphatic carboxylic acids is 1. The van der Waals surface area contributed by atoms with E-state index < -0.39 is 23.7 Å². The first-order valence-electron chi connectivity index (χ1n) is 5.81. The van der Waals surface area contributed by atoms with Crippen LogP contribution in [0.3, 0.4) is 0 Å². The van der Waals surface area contributed by atoms with E-state index in [9.17, 15) is 14.0 Å². The van der Waals surface area contributed by atoms with E-state index in [1.807, 2.05) is 0 Å². The van der Waals surface area contributed by atoms with Gasteiger partial charge >= 0.3 is 11.9 Å². The fourth-order valence-electron chi connectivity index (χ4n) is 1.78.